The third kappa shape index (κ3) is 8.77. The number of hydrogen-bond acceptors (Lipinski definition) is 3. The molecule has 0 saturated carbocycles. The van der Waals surface area contributed by atoms with Gasteiger partial charge in [-0.15, -0.1) is 0 Å². The van der Waals surface area contributed by atoms with Crippen LogP contribution in [0.4, 0.5) is 0 Å². The van der Waals surface area contributed by atoms with Crippen molar-refractivity contribution in [1.82, 2.24) is 4.90 Å². The van der Waals surface area contributed by atoms with Gasteiger partial charge in [0.15, 0.2) is 0 Å². The van der Waals surface area contributed by atoms with Crippen molar-refractivity contribution in [2.75, 3.05) is 12.3 Å². The summed E-state index contributed by atoms with van der Waals surface area (Å²) in [7, 11) is -4.03. The minimum absolute atomic E-state index is 0.275. The van der Waals surface area contributed by atoms with Crippen molar-refractivity contribution in [1.29, 1.82) is 0 Å². The fraction of sp³-hybridized carbons (Fsp3) is 0.556. The molecule has 0 aliphatic carbocycles. The first-order chi connectivity index (χ1) is 11.0. The van der Waals surface area contributed by atoms with Crippen LogP contribution in [0.3, 0.4) is 0 Å². The van der Waals surface area contributed by atoms with Crippen LogP contribution in [0.2, 0.25) is 0 Å². The average molecular weight is 340 g/mol. The molecule has 1 N–H and O–H groups in total. The Morgan fingerprint density at radius 3 is 2.39 bits per heavy atom. The van der Waals surface area contributed by atoms with Gasteiger partial charge in [-0.25, -0.2) is 0 Å². The van der Waals surface area contributed by atoms with Gasteiger partial charge in [-0.3, -0.25) is 4.55 Å². The summed E-state index contributed by atoms with van der Waals surface area (Å²) in [5.74, 6) is -0.275. The minimum atomic E-state index is -4.03. The molecular weight excluding hydrogens is 310 g/mol. The number of nitrogens with zero attached hydrogens (tertiary/aromatic N) is 1. The van der Waals surface area contributed by atoms with Crippen LogP contribution in [0.25, 0.3) is 0 Å². The Morgan fingerprint density at radius 2 is 1.83 bits per heavy atom. The Labute approximate surface area is 141 Å². The summed E-state index contributed by atoms with van der Waals surface area (Å²) in [4.78, 5) is 1.95. The van der Waals surface area contributed by atoms with Crippen molar-refractivity contribution in [3.8, 4) is 0 Å². The van der Waals surface area contributed by atoms with Gasteiger partial charge in [0.05, 0.1) is 5.75 Å². The molecule has 0 heterocycles. The van der Waals surface area contributed by atoms with Crippen molar-refractivity contribution in [3.63, 3.8) is 0 Å². The summed E-state index contributed by atoms with van der Waals surface area (Å²) in [6.07, 6.45) is 8.02. The normalized spacial score (nSPS) is 12.8. The van der Waals surface area contributed by atoms with E-state index in [1.807, 2.05) is 35.2 Å². The zero-order valence-corrected chi connectivity index (χ0v) is 14.8. The molecule has 0 fully saturated rings. The Balaban J connectivity index is 2.69. The van der Waals surface area contributed by atoms with Gasteiger partial charge in [0.2, 0.25) is 0 Å². The Kier molecular flexibility index (Phi) is 8.95. The van der Waals surface area contributed by atoms with Crippen molar-refractivity contribution in [2.45, 2.75) is 51.5 Å². The van der Waals surface area contributed by atoms with Crippen molar-refractivity contribution in [2.24, 2.45) is 0 Å². The molecule has 1 unspecified atom stereocenters. The molecule has 1 atom stereocenters. The lowest BCUT2D eigenvalue weighted by atomic mass is 10.1. The maximum absolute atomic E-state index is 11.4. The SMILES string of the molecule is C=CN(CCCCCCC)C(Cc1ccccc1)CS(=O)(=O)O. The largest absolute Gasteiger partial charge is 0.374 e. The molecule has 0 saturated heterocycles. The topological polar surface area (TPSA) is 57.6 Å². The molecule has 0 spiro atoms. The van der Waals surface area contributed by atoms with E-state index in [-0.39, 0.29) is 11.8 Å². The third-order valence-corrected chi connectivity index (χ3v) is 4.75. The van der Waals surface area contributed by atoms with Crippen molar-refractivity contribution < 1.29 is 13.0 Å². The number of unbranched alkanes of at least 4 members (excludes halogenated alkanes) is 4. The van der Waals surface area contributed by atoms with Crippen LogP contribution >= 0.6 is 0 Å². The first kappa shape index (κ1) is 19.7. The molecule has 1 aromatic carbocycles. The molecule has 23 heavy (non-hydrogen) atoms. The fourth-order valence-electron chi connectivity index (χ4n) is 2.72. The van der Waals surface area contributed by atoms with Gasteiger partial charge in [-0.05, 0) is 24.6 Å². The summed E-state index contributed by atoms with van der Waals surface area (Å²) < 4.78 is 32.0. The summed E-state index contributed by atoms with van der Waals surface area (Å²) in [6, 6.07) is 9.45. The van der Waals surface area contributed by atoms with Crippen molar-refractivity contribution >= 4 is 10.1 Å². The maximum Gasteiger partial charge on any atom is 0.266 e. The van der Waals surface area contributed by atoms with Gasteiger partial charge in [-0.2, -0.15) is 8.42 Å². The van der Waals surface area contributed by atoms with Gasteiger partial charge in [0, 0.05) is 12.6 Å². The zero-order chi connectivity index (χ0) is 17.1. The smallest absolute Gasteiger partial charge is 0.266 e. The summed E-state index contributed by atoms with van der Waals surface area (Å²) in [6.45, 7) is 6.76. The van der Waals surface area contributed by atoms with E-state index >= 15 is 0 Å². The summed E-state index contributed by atoms with van der Waals surface area (Å²) >= 11 is 0. The van der Waals surface area contributed by atoms with Crippen LogP contribution in [-0.4, -0.2) is 36.2 Å². The lowest BCUT2D eigenvalue weighted by Crippen LogP contribution is -2.38. The molecule has 0 aliphatic heterocycles. The molecule has 5 heteroatoms. The number of hydrogen-bond donors (Lipinski definition) is 1. The van der Waals surface area contributed by atoms with E-state index in [2.05, 4.69) is 13.5 Å². The number of rotatable bonds is 12. The van der Waals surface area contributed by atoms with Crippen LogP contribution in [0.15, 0.2) is 43.1 Å². The highest BCUT2D eigenvalue weighted by Crippen LogP contribution is 2.13. The standard InChI is InChI=1S/C18H29NO3S/c1-3-5-6-7-11-14-19(4-2)18(16-23(20,21)22)15-17-12-9-8-10-13-17/h4,8-10,12-13,18H,2-3,5-7,11,14-16H2,1H3,(H,20,21,22). The molecule has 0 bridgehead atoms. The Morgan fingerprint density at radius 1 is 1.17 bits per heavy atom. The Bertz CT molecular complexity index is 543. The highest BCUT2D eigenvalue weighted by molar-refractivity contribution is 7.85. The monoisotopic (exact) mass is 339 g/mol. The highest BCUT2D eigenvalue weighted by atomic mass is 32.2. The molecule has 1 aromatic rings. The zero-order valence-electron chi connectivity index (χ0n) is 14.0. The molecular formula is C18H29NO3S. The van der Waals surface area contributed by atoms with E-state index in [1.165, 1.54) is 19.3 Å². The summed E-state index contributed by atoms with van der Waals surface area (Å²) in [5, 5.41) is 0. The van der Waals surface area contributed by atoms with Gasteiger partial charge in [0.25, 0.3) is 10.1 Å². The third-order valence-electron chi connectivity index (χ3n) is 3.94. The lowest BCUT2D eigenvalue weighted by Gasteiger charge is -2.30. The maximum atomic E-state index is 11.4. The molecule has 0 aromatic heterocycles. The van der Waals surface area contributed by atoms with E-state index in [0.717, 1.165) is 24.9 Å². The quantitative estimate of drug-likeness (QED) is 0.463. The predicted octanol–water partition coefficient (Wildman–Crippen LogP) is 3.90. The highest BCUT2D eigenvalue weighted by Gasteiger charge is 2.21. The second-order valence-electron chi connectivity index (χ2n) is 5.93. The summed E-state index contributed by atoms with van der Waals surface area (Å²) in [5.41, 5.74) is 1.05. The first-order valence-electron chi connectivity index (χ1n) is 8.33. The average Bonchev–Trinajstić information content (AvgIpc) is 2.50. The van der Waals surface area contributed by atoms with Crippen LogP contribution < -0.4 is 0 Å². The second kappa shape index (κ2) is 10.4. The van der Waals surface area contributed by atoms with E-state index in [0.29, 0.717) is 6.42 Å². The van der Waals surface area contributed by atoms with Crippen LogP contribution in [0, 0.1) is 0 Å². The van der Waals surface area contributed by atoms with Gasteiger partial charge in [-0.1, -0.05) is 69.5 Å². The molecule has 130 valence electrons. The van der Waals surface area contributed by atoms with Crippen molar-refractivity contribution in [3.05, 3.63) is 48.7 Å². The molecule has 0 radical (unpaired) electrons. The van der Waals surface area contributed by atoms with E-state index in [4.69, 9.17) is 0 Å². The molecule has 0 aliphatic rings. The number of benzene rings is 1. The fourth-order valence-corrected chi connectivity index (χ4v) is 3.52. The predicted molar refractivity (Wildman–Crippen MR) is 96.0 cm³/mol. The van der Waals surface area contributed by atoms with Gasteiger partial charge >= 0.3 is 0 Å². The Hall–Kier alpha value is -1.33. The minimum Gasteiger partial charge on any atom is -0.374 e. The van der Waals surface area contributed by atoms with Gasteiger partial charge in [0.1, 0.15) is 0 Å². The van der Waals surface area contributed by atoms with Crippen LogP contribution in [0.1, 0.15) is 44.6 Å². The van der Waals surface area contributed by atoms with Crippen LogP contribution in [-0.2, 0) is 16.5 Å². The second-order valence-corrected chi connectivity index (χ2v) is 7.42. The van der Waals surface area contributed by atoms with E-state index in [9.17, 15) is 13.0 Å². The van der Waals surface area contributed by atoms with Gasteiger partial charge < -0.3 is 4.90 Å². The van der Waals surface area contributed by atoms with E-state index < -0.39 is 10.1 Å². The molecule has 4 nitrogen and oxygen atoms in total. The lowest BCUT2D eigenvalue weighted by molar-refractivity contribution is 0.282. The first-order valence-corrected chi connectivity index (χ1v) is 9.94. The molecule has 0 amide bonds. The molecule has 1 rings (SSSR count). The van der Waals surface area contributed by atoms with E-state index in [1.54, 1.807) is 6.20 Å². The van der Waals surface area contributed by atoms with Crippen LogP contribution in [0.5, 0.6) is 0 Å².